The molecule has 0 spiro atoms. The first-order valence-electron chi connectivity index (χ1n) is 20.8. The second-order valence-corrected chi connectivity index (χ2v) is 14.1. The van der Waals surface area contributed by atoms with Gasteiger partial charge in [-0.1, -0.05) is 143 Å². The molecule has 0 fully saturated rings. The molecule has 0 radical (unpaired) electrons. The number of unbranched alkanes of at least 4 members (excludes halogenated alkanes) is 21. The maximum absolute atomic E-state index is 12.6. The third-order valence-corrected chi connectivity index (χ3v) is 9.45. The van der Waals surface area contributed by atoms with E-state index in [1.165, 1.54) is 103 Å². The van der Waals surface area contributed by atoms with Crippen molar-refractivity contribution in [3.8, 4) is 0 Å². The number of carbonyl (C=O) groups excluding carboxylic acids is 2. The van der Waals surface area contributed by atoms with Gasteiger partial charge >= 0.3 is 11.9 Å². The van der Waals surface area contributed by atoms with Crippen molar-refractivity contribution in [1.29, 1.82) is 0 Å². The van der Waals surface area contributed by atoms with Gasteiger partial charge < -0.3 is 19.5 Å². The van der Waals surface area contributed by atoms with Crippen molar-refractivity contribution >= 4 is 11.9 Å². The minimum Gasteiger partial charge on any atom is -0.466 e. The lowest BCUT2D eigenvalue weighted by Gasteiger charge is -2.21. The topological polar surface area (TPSA) is 76.1 Å². The third-order valence-electron chi connectivity index (χ3n) is 9.45. The Bertz CT molecular complexity index is 658. The first-order chi connectivity index (χ1) is 23.1. The van der Waals surface area contributed by atoms with E-state index in [-0.39, 0.29) is 24.6 Å². The Morgan fingerprint density at radius 1 is 0.489 bits per heavy atom. The lowest BCUT2D eigenvalue weighted by atomic mass is 10.0. The van der Waals surface area contributed by atoms with Crippen LogP contribution in [0.1, 0.15) is 213 Å². The number of nitrogens with zero attached hydrogens (tertiary/aromatic N) is 1. The molecule has 0 rings (SSSR count). The zero-order chi connectivity index (χ0) is 34.5. The van der Waals surface area contributed by atoms with Gasteiger partial charge in [-0.3, -0.25) is 9.59 Å². The summed E-state index contributed by atoms with van der Waals surface area (Å²) in [5.41, 5.74) is 0. The van der Waals surface area contributed by atoms with Crippen LogP contribution in [-0.4, -0.2) is 60.9 Å². The van der Waals surface area contributed by atoms with Crippen molar-refractivity contribution in [2.75, 3.05) is 32.8 Å². The number of hydrogen-bond donors (Lipinski definition) is 1. The smallest absolute Gasteiger partial charge is 0.306 e. The van der Waals surface area contributed by atoms with E-state index in [4.69, 9.17) is 9.47 Å². The summed E-state index contributed by atoms with van der Waals surface area (Å²) in [6.07, 6.45) is 34.1. The molecular formula is C41H81NO5. The largest absolute Gasteiger partial charge is 0.466 e. The van der Waals surface area contributed by atoms with E-state index in [0.717, 1.165) is 96.7 Å². The third kappa shape index (κ3) is 34.5. The SMILES string of the molecule is CCCCCCCCOC(=O)CCCCCCCN(CCO)CCCCCCCC(=O)OC(CCCCCC)CCCCCCCC. The fourth-order valence-corrected chi connectivity index (χ4v) is 6.35. The number of rotatable bonds is 38. The Kier molecular flexibility index (Phi) is 36.8. The number of aliphatic hydroxyl groups is 1. The van der Waals surface area contributed by atoms with Crippen molar-refractivity contribution in [3.63, 3.8) is 0 Å². The zero-order valence-electron chi connectivity index (χ0n) is 31.9. The molecule has 0 aromatic rings. The van der Waals surface area contributed by atoms with Crippen LogP contribution in [0.5, 0.6) is 0 Å². The highest BCUT2D eigenvalue weighted by Gasteiger charge is 2.14. The molecule has 0 aliphatic heterocycles. The Morgan fingerprint density at radius 3 is 1.40 bits per heavy atom. The second-order valence-electron chi connectivity index (χ2n) is 14.1. The van der Waals surface area contributed by atoms with E-state index < -0.39 is 0 Å². The molecule has 47 heavy (non-hydrogen) atoms. The fourth-order valence-electron chi connectivity index (χ4n) is 6.35. The van der Waals surface area contributed by atoms with Gasteiger partial charge in [0.1, 0.15) is 6.10 Å². The van der Waals surface area contributed by atoms with Crippen LogP contribution in [0.15, 0.2) is 0 Å². The average Bonchev–Trinajstić information content (AvgIpc) is 3.06. The normalized spacial score (nSPS) is 12.1. The minimum atomic E-state index is -0.0341. The first-order valence-corrected chi connectivity index (χ1v) is 20.8. The highest BCUT2D eigenvalue weighted by Crippen LogP contribution is 2.18. The molecule has 1 atom stereocenters. The first kappa shape index (κ1) is 45.9. The summed E-state index contributed by atoms with van der Waals surface area (Å²) < 4.78 is 11.3. The van der Waals surface area contributed by atoms with E-state index in [2.05, 4.69) is 25.7 Å². The Morgan fingerprint density at radius 2 is 0.894 bits per heavy atom. The quantitative estimate of drug-likeness (QED) is 0.0521. The van der Waals surface area contributed by atoms with Crippen molar-refractivity contribution in [1.82, 2.24) is 4.90 Å². The predicted molar refractivity (Wildman–Crippen MR) is 200 cm³/mol. The van der Waals surface area contributed by atoms with Gasteiger partial charge in [-0.15, -0.1) is 0 Å². The molecule has 0 heterocycles. The van der Waals surface area contributed by atoms with Crippen LogP contribution >= 0.6 is 0 Å². The molecule has 0 aliphatic carbocycles. The van der Waals surface area contributed by atoms with Gasteiger partial charge in [-0.05, 0) is 70.9 Å². The summed E-state index contributed by atoms with van der Waals surface area (Å²) in [4.78, 5) is 26.9. The second kappa shape index (κ2) is 37.7. The molecule has 0 amide bonds. The van der Waals surface area contributed by atoms with Gasteiger partial charge in [-0.2, -0.15) is 0 Å². The lowest BCUT2D eigenvalue weighted by molar-refractivity contribution is -0.150. The van der Waals surface area contributed by atoms with E-state index >= 15 is 0 Å². The maximum atomic E-state index is 12.6. The maximum Gasteiger partial charge on any atom is 0.306 e. The molecule has 0 aromatic carbocycles. The van der Waals surface area contributed by atoms with Crippen LogP contribution in [0, 0.1) is 0 Å². The average molecular weight is 668 g/mol. The highest BCUT2D eigenvalue weighted by atomic mass is 16.5. The monoisotopic (exact) mass is 668 g/mol. The molecule has 0 aliphatic rings. The molecule has 6 heteroatoms. The van der Waals surface area contributed by atoms with Gasteiger partial charge in [0.05, 0.1) is 13.2 Å². The molecule has 0 saturated carbocycles. The minimum absolute atomic E-state index is 0.00836. The lowest BCUT2D eigenvalue weighted by Crippen LogP contribution is -2.29. The van der Waals surface area contributed by atoms with Crippen molar-refractivity contribution < 1.29 is 24.2 Å². The van der Waals surface area contributed by atoms with Gasteiger partial charge in [0, 0.05) is 19.4 Å². The van der Waals surface area contributed by atoms with Gasteiger partial charge in [0.2, 0.25) is 0 Å². The Hall–Kier alpha value is -1.14. The van der Waals surface area contributed by atoms with E-state index in [1.807, 2.05) is 0 Å². The molecule has 280 valence electrons. The Labute approximate surface area is 292 Å². The summed E-state index contributed by atoms with van der Waals surface area (Å²) in [7, 11) is 0. The summed E-state index contributed by atoms with van der Waals surface area (Å²) in [5, 5.41) is 9.51. The van der Waals surface area contributed by atoms with Crippen molar-refractivity contribution in [2.24, 2.45) is 0 Å². The van der Waals surface area contributed by atoms with Crippen molar-refractivity contribution in [2.45, 2.75) is 219 Å². The molecule has 1 N–H and O–H groups in total. The molecule has 0 bridgehead atoms. The molecular weight excluding hydrogens is 586 g/mol. The van der Waals surface area contributed by atoms with Gasteiger partial charge in [-0.25, -0.2) is 0 Å². The molecule has 6 nitrogen and oxygen atoms in total. The number of ether oxygens (including phenoxy) is 2. The number of carbonyl (C=O) groups is 2. The van der Waals surface area contributed by atoms with E-state index in [9.17, 15) is 14.7 Å². The number of aliphatic hydroxyl groups excluding tert-OH is 1. The molecule has 0 aromatic heterocycles. The molecule has 0 saturated heterocycles. The van der Waals surface area contributed by atoms with Crippen LogP contribution in [0.3, 0.4) is 0 Å². The number of hydrogen-bond acceptors (Lipinski definition) is 6. The predicted octanol–water partition coefficient (Wildman–Crippen LogP) is 11.5. The summed E-state index contributed by atoms with van der Waals surface area (Å²) in [6, 6.07) is 0. The Balaban J connectivity index is 3.89. The van der Waals surface area contributed by atoms with E-state index in [1.54, 1.807) is 0 Å². The number of esters is 2. The van der Waals surface area contributed by atoms with Crippen LogP contribution in [0.4, 0.5) is 0 Å². The summed E-state index contributed by atoms with van der Waals surface area (Å²) >= 11 is 0. The van der Waals surface area contributed by atoms with Crippen molar-refractivity contribution in [3.05, 3.63) is 0 Å². The summed E-state index contributed by atoms with van der Waals surface area (Å²) in [6.45, 7) is 10.3. The highest BCUT2D eigenvalue weighted by molar-refractivity contribution is 5.69. The standard InChI is InChI=1S/C41H81NO5/c1-4-7-10-13-17-24-31-39(30-23-12-9-6-3)47-41(45)33-26-19-16-21-28-35-42(36-37-43)34-27-20-15-18-25-32-40(44)46-38-29-22-14-11-8-5-2/h39,43H,4-38H2,1-3H3. The fraction of sp³-hybridized carbons (Fsp3) is 0.951. The molecule has 1 unspecified atom stereocenters. The zero-order valence-corrected chi connectivity index (χ0v) is 31.9. The van der Waals surface area contributed by atoms with Gasteiger partial charge in [0.25, 0.3) is 0 Å². The summed E-state index contributed by atoms with van der Waals surface area (Å²) in [5.74, 6) is -0.0257. The van der Waals surface area contributed by atoms with Crippen LogP contribution < -0.4 is 0 Å². The van der Waals surface area contributed by atoms with E-state index in [0.29, 0.717) is 19.4 Å². The van der Waals surface area contributed by atoms with Crippen LogP contribution in [0.2, 0.25) is 0 Å². The van der Waals surface area contributed by atoms with Gasteiger partial charge in [0.15, 0.2) is 0 Å². The van der Waals surface area contributed by atoms with Crippen LogP contribution in [0.25, 0.3) is 0 Å². The van der Waals surface area contributed by atoms with Crippen LogP contribution in [-0.2, 0) is 19.1 Å².